The van der Waals surface area contributed by atoms with E-state index in [4.69, 9.17) is 16.7 Å². The third-order valence-electron chi connectivity index (χ3n) is 1.98. The molecule has 0 fully saturated rings. The quantitative estimate of drug-likeness (QED) is 0.841. The fourth-order valence-electron chi connectivity index (χ4n) is 1.22. The summed E-state index contributed by atoms with van der Waals surface area (Å²) in [7, 11) is 0. The number of rotatable bonds is 2. The van der Waals surface area contributed by atoms with E-state index in [1.165, 1.54) is 12.1 Å². The molecule has 5 nitrogen and oxygen atoms in total. The Balaban J connectivity index is 2.50. The molecule has 0 aliphatic rings. The predicted octanol–water partition coefficient (Wildman–Crippen LogP) is 2.40. The number of nitrogens with zero attached hydrogens (tertiary/aromatic N) is 1. The summed E-state index contributed by atoms with van der Waals surface area (Å²) >= 11 is 5.71. The van der Waals surface area contributed by atoms with Gasteiger partial charge in [-0.3, -0.25) is 0 Å². The van der Waals surface area contributed by atoms with E-state index >= 15 is 0 Å². The van der Waals surface area contributed by atoms with Crippen molar-refractivity contribution in [3.63, 3.8) is 0 Å². The third kappa shape index (κ3) is 1.72. The highest BCUT2D eigenvalue weighted by molar-refractivity contribution is 6.32. The van der Waals surface area contributed by atoms with Crippen molar-refractivity contribution >= 4 is 17.6 Å². The van der Waals surface area contributed by atoms with E-state index in [2.05, 4.69) is 9.68 Å². The SMILES string of the molecule is O=C(O)c1cc(-c2cccc(Cl)c2O)no1. The van der Waals surface area contributed by atoms with Crippen molar-refractivity contribution in [2.24, 2.45) is 0 Å². The molecule has 2 N–H and O–H groups in total. The van der Waals surface area contributed by atoms with Crippen LogP contribution in [0.3, 0.4) is 0 Å². The number of aromatic hydroxyl groups is 1. The number of phenols is 1. The van der Waals surface area contributed by atoms with Gasteiger partial charge >= 0.3 is 5.97 Å². The summed E-state index contributed by atoms with van der Waals surface area (Å²) in [5.74, 6) is -1.68. The van der Waals surface area contributed by atoms with Crippen molar-refractivity contribution < 1.29 is 19.5 Å². The molecule has 6 heteroatoms. The van der Waals surface area contributed by atoms with Gasteiger partial charge in [0.2, 0.25) is 5.76 Å². The Morgan fingerprint density at radius 2 is 2.19 bits per heavy atom. The van der Waals surface area contributed by atoms with E-state index in [0.717, 1.165) is 0 Å². The van der Waals surface area contributed by atoms with Crippen LogP contribution in [-0.2, 0) is 0 Å². The van der Waals surface area contributed by atoms with E-state index in [-0.39, 0.29) is 22.2 Å². The van der Waals surface area contributed by atoms with Gasteiger partial charge in [-0.15, -0.1) is 0 Å². The highest BCUT2D eigenvalue weighted by Crippen LogP contribution is 2.34. The van der Waals surface area contributed by atoms with E-state index in [1.807, 2.05) is 0 Å². The van der Waals surface area contributed by atoms with Crippen molar-refractivity contribution in [3.8, 4) is 17.0 Å². The van der Waals surface area contributed by atoms with Gasteiger partial charge in [-0.25, -0.2) is 4.79 Å². The van der Waals surface area contributed by atoms with Crippen LogP contribution in [0.5, 0.6) is 5.75 Å². The molecule has 0 amide bonds. The zero-order valence-electron chi connectivity index (χ0n) is 7.85. The van der Waals surface area contributed by atoms with Gasteiger partial charge in [0, 0.05) is 11.6 Å². The molecule has 0 spiro atoms. The van der Waals surface area contributed by atoms with Crippen LogP contribution in [0, 0.1) is 0 Å². The Kier molecular flexibility index (Phi) is 2.54. The van der Waals surface area contributed by atoms with Crippen LogP contribution in [0.4, 0.5) is 0 Å². The first-order valence-electron chi connectivity index (χ1n) is 4.27. The Morgan fingerprint density at radius 1 is 1.44 bits per heavy atom. The number of phenolic OH excluding ortho intramolecular Hbond substituents is 1. The molecule has 2 aromatic rings. The summed E-state index contributed by atoms with van der Waals surface area (Å²) in [6.07, 6.45) is 0. The lowest BCUT2D eigenvalue weighted by atomic mass is 10.1. The first kappa shape index (κ1) is 10.5. The number of hydrogen-bond acceptors (Lipinski definition) is 4. The minimum atomic E-state index is -1.22. The Morgan fingerprint density at radius 3 is 2.81 bits per heavy atom. The summed E-state index contributed by atoms with van der Waals surface area (Å²) in [5, 5.41) is 22.0. The summed E-state index contributed by atoms with van der Waals surface area (Å²) in [6.45, 7) is 0. The molecule has 0 saturated carbocycles. The lowest BCUT2D eigenvalue weighted by molar-refractivity contribution is 0.0652. The van der Waals surface area contributed by atoms with Crippen molar-refractivity contribution in [3.05, 3.63) is 35.0 Å². The lowest BCUT2D eigenvalue weighted by Gasteiger charge is -2.00. The monoisotopic (exact) mass is 239 g/mol. The molecule has 0 bridgehead atoms. The normalized spacial score (nSPS) is 10.3. The fraction of sp³-hybridized carbons (Fsp3) is 0. The molecular weight excluding hydrogens is 234 g/mol. The smallest absolute Gasteiger partial charge is 0.374 e. The van der Waals surface area contributed by atoms with E-state index in [0.29, 0.717) is 5.56 Å². The molecular formula is C10H6ClNO4. The average Bonchev–Trinajstić information content (AvgIpc) is 2.71. The van der Waals surface area contributed by atoms with Gasteiger partial charge in [0.15, 0.2) is 0 Å². The van der Waals surface area contributed by atoms with Crippen molar-refractivity contribution in [1.29, 1.82) is 0 Å². The van der Waals surface area contributed by atoms with E-state index in [1.54, 1.807) is 12.1 Å². The molecule has 0 aliphatic heterocycles. The molecule has 16 heavy (non-hydrogen) atoms. The molecule has 1 aromatic carbocycles. The maximum atomic E-state index is 10.6. The van der Waals surface area contributed by atoms with Gasteiger partial charge in [-0.1, -0.05) is 22.8 Å². The Labute approximate surface area is 94.9 Å². The molecule has 2 rings (SSSR count). The van der Waals surface area contributed by atoms with Crippen LogP contribution in [-0.4, -0.2) is 21.3 Å². The van der Waals surface area contributed by atoms with Crippen molar-refractivity contribution in [1.82, 2.24) is 5.16 Å². The molecule has 1 aromatic heterocycles. The third-order valence-corrected chi connectivity index (χ3v) is 2.29. The van der Waals surface area contributed by atoms with E-state index < -0.39 is 5.97 Å². The maximum absolute atomic E-state index is 10.6. The minimum absolute atomic E-state index is 0.158. The highest BCUT2D eigenvalue weighted by Gasteiger charge is 2.15. The molecule has 0 radical (unpaired) electrons. The molecule has 0 aliphatic carbocycles. The summed E-state index contributed by atoms with van der Waals surface area (Å²) in [5.41, 5.74) is 0.543. The highest BCUT2D eigenvalue weighted by atomic mass is 35.5. The number of carboxylic acid groups (broad SMARTS) is 1. The first-order chi connectivity index (χ1) is 7.59. The molecule has 0 saturated heterocycles. The van der Waals surface area contributed by atoms with Gasteiger partial charge in [-0.05, 0) is 12.1 Å². The number of aromatic nitrogens is 1. The first-order valence-corrected chi connectivity index (χ1v) is 4.65. The van der Waals surface area contributed by atoms with Crippen LogP contribution >= 0.6 is 11.6 Å². The number of aromatic carboxylic acids is 1. The predicted molar refractivity (Wildman–Crippen MR) is 55.6 cm³/mol. The maximum Gasteiger partial charge on any atom is 0.374 e. The van der Waals surface area contributed by atoms with Crippen LogP contribution in [0.15, 0.2) is 28.8 Å². The van der Waals surface area contributed by atoms with Crippen LogP contribution < -0.4 is 0 Å². The number of benzene rings is 1. The Hall–Kier alpha value is -2.01. The number of halogens is 1. The van der Waals surface area contributed by atoms with E-state index in [9.17, 15) is 9.90 Å². The van der Waals surface area contributed by atoms with Crippen LogP contribution in [0.2, 0.25) is 5.02 Å². The standard InChI is InChI=1S/C10H6ClNO4/c11-6-3-1-2-5(9(6)13)7-4-8(10(14)15)16-12-7/h1-4,13H,(H,14,15). The van der Waals surface area contributed by atoms with Gasteiger partial charge in [-0.2, -0.15) is 0 Å². The van der Waals surface area contributed by atoms with Gasteiger partial charge < -0.3 is 14.7 Å². The van der Waals surface area contributed by atoms with Gasteiger partial charge in [0.1, 0.15) is 11.4 Å². The second-order valence-electron chi connectivity index (χ2n) is 3.02. The molecule has 1 heterocycles. The largest absolute Gasteiger partial charge is 0.506 e. The number of hydrogen-bond donors (Lipinski definition) is 2. The number of para-hydroxylation sites is 1. The van der Waals surface area contributed by atoms with Gasteiger partial charge in [0.25, 0.3) is 0 Å². The summed E-state index contributed by atoms with van der Waals surface area (Å²) in [4.78, 5) is 10.6. The average molecular weight is 240 g/mol. The lowest BCUT2D eigenvalue weighted by Crippen LogP contribution is -1.91. The summed E-state index contributed by atoms with van der Waals surface area (Å²) < 4.78 is 4.57. The molecule has 82 valence electrons. The second kappa shape index (κ2) is 3.86. The zero-order chi connectivity index (χ0) is 11.7. The summed E-state index contributed by atoms with van der Waals surface area (Å²) in [6, 6.07) is 5.91. The van der Waals surface area contributed by atoms with Crippen molar-refractivity contribution in [2.75, 3.05) is 0 Å². The van der Waals surface area contributed by atoms with Crippen LogP contribution in [0.1, 0.15) is 10.6 Å². The topological polar surface area (TPSA) is 83.6 Å². The second-order valence-corrected chi connectivity index (χ2v) is 3.42. The van der Waals surface area contributed by atoms with Gasteiger partial charge in [0.05, 0.1) is 5.02 Å². The van der Waals surface area contributed by atoms with Crippen LogP contribution in [0.25, 0.3) is 11.3 Å². The molecule has 0 unspecified atom stereocenters. The minimum Gasteiger partial charge on any atom is -0.506 e. The zero-order valence-corrected chi connectivity index (χ0v) is 8.60. The fourth-order valence-corrected chi connectivity index (χ4v) is 1.40. The number of carbonyl (C=O) groups is 1. The van der Waals surface area contributed by atoms with Crippen molar-refractivity contribution in [2.45, 2.75) is 0 Å². The number of carboxylic acids is 1. The Bertz CT molecular complexity index is 550. The molecule has 0 atom stereocenters.